The molecule has 3 amide bonds. The molecule has 37 heavy (non-hydrogen) atoms. The van der Waals surface area contributed by atoms with Gasteiger partial charge in [-0.3, -0.25) is 14.4 Å². The topological polar surface area (TPSA) is 129 Å². The first-order chi connectivity index (χ1) is 17.7. The van der Waals surface area contributed by atoms with Crippen molar-refractivity contribution in [2.24, 2.45) is 17.8 Å². The number of carbonyl (C=O) groups is 3. The van der Waals surface area contributed by atoms with E-state index in [2.05, 4.69) is 36.9 Å². The third-order valence-electron chi connectivity index (χ3n) is 7.96. The Hall–Kier alpha value is -2.18. The van der Waals surface area contributed by atoms with E-state index in [-0.39, 0.29) is 47.0 Å². The molecular weight excluding hydrogens is 560 g/mol. The van der Waals surface area contributed by atoms with E-state index in [9.17, 15) is 19.5 Å². The van der Waals surface area contributed by atoms with Gasteiger partial charge in [0.05, 0.1) is 34.7 Å². The number of para-hydroxylation sites is 1. The first kappa shape index (κ1) is 26.4. The number of aromatic nitrogens is 3. The highest BCUT2D eigenvalue weighted by atomic mass is 79.9. The first-order valence-electron chi connectivity index (χ1n) is 12.8. The van der Waals surface area contributed by atoms with Crippen molar-refractivity contribution >= 4 is 56.4 Å². The molecule has 3 aliphatic rings. The predicted octanol–water partition coefficient (Wildman–Crippen LogP) is 1.51. The molecule has 0 saturated carbocycles. The van der Waals surface area contributed by atoms with E-state index < -0.39 is 28.7 Å². The molecule has 1 aromatic heterocycles. The van der Waals surface area contributed by atoms with Crippen molar-refractivity contribution in [3.8, 4) is 0 Å². The SMILES string of the molecule is CCCNC(=O)[C@H]1[C@@H]2SC3(CC2Br)C(C(=O)NCn2nnc4ccccc42)N([C@@H](CO)C(C)C)C(=O)[C@H]13. The van der Waals surface area contributed by atoms with Crippen LogP contribution in [0.3, 0.4) is 0 Å². The van der Waals surface area contributed by atoms with Crippen LogP contribution in [-0.2, 0) is 21.1 Å². The Bertz CT molecular complexity index is 1210. The van der Waals surface area contributed by atoms with Gasteiger partial charge in [-0.05, 0) is 30.9 Å². The Kier molecular flexibility index (Phi) is 7.27. The Morgan fingerprint density at radius 3 is 2.73 bits per heavy atom. The Morgan fingerprint density at radius 2 is 2.03 bits per heavy atom. The standard InChI is InChI=1S/C25H33BrN6O4S/c1-4-9-27-22(34)18-19-24(36)32(17(11-33)13(2)3)21(25(19)10-14(26)20(18)37-25)23(35)28-12-31-16-8-6-5-7-15(16)29-30-31/h5-8,13-14,17-21,33H,4,9-12H2,1-3H3,(H,27,34)(H,28,35)/t14?,17-,18+,19-,20+,21?,25?/m0/s1. The highest BCUT2D eigenvalue weighted by Gasteiger charge is 2.76. The lowest BCUT2D eigenvalue weighted by molar-refractivity contribution is -0.143. The number of amides is 3. The number of benzene rings is 1. The van der Waals surface area contributed by atoms with Gasteiger partial charge in [-0.2, -0.15) is 0 Å². The summed E-state index contributed by atoms with van der Waals surface area (Å²) in [6.07, 6.45) is 1.39. The van der Waals surface area contributed by atoms with E-state index in [0.29, 0.717) is 13.0 Å². The summed E-state index contributed by atoms with van der Waals surface area (Å²) in [5.74, 6) is -1.89. The maximum atomic E-state index is 14.1. The molecule has 0 radical (unpaired) electrons. The molecule has 200 valence electrons. The van der Waals surface area contributed by atoms with Gasteiger partial charge in [-0.15, -0.1) is 16.9 Å². The van der Waals surface area contributed by atoms with Crippen LogP contribution in [0.5, 0.6) is 0 Å². The van der Waals surface area contributed by atoms with Crippen molar-refractivity contribution in [3.63, 3.8) is 0 Å². The molecule has 7 atom stereocenters. The van der Waals surface area contributed by atoms with E-state index in [0.717, 1.165) is 17.5 Å². The van der Waals surface area contributed by atoms with Crippen LogP contribution in [0, 0.1) is 17.8 Å². The summed E-state index contributed by atoms with van der Waals surface area (Å²) in [4.78, 5) is 43.0. The normalized spacial score (nSPS) is 31.2. The average molecular weight is 594 g/mol. The second kappa shape index (κ2) is 10.2. The third kappa shape index (κ3) is 4.15. The van der Waals surface area contributed by atoms with Crippen LogP contribution < -0.4 is 10.6 Å². The first-order valence-corrected chi connectivity index (χ1v) is 14.6. The maximum absolute atomic E-state index is 14.1. The molecular formula is C25H33BrN6O4S. The highest BCUT2D eigenvalue weighted by molar-refractivity contribution is 9.09. The largest absolute Gasteiger partial charge is 0.394 e. The molecule has 3 unspecified atom stereocenters. The highest BCUT2D eigenvalue weighted by Crippen LogP contribution is 2.68. The molecule has 3 aliphatic heterocycles. The number of thioether (sulfide) groups is 1. The van der Waals surface area contributed by atoms with Gasteiger partial charge in [0.2, 0.25) is 17.7 Å². The van der Waals surface area contributed by atoms with Gasteiger partial charge < -0.3 is 20.6 Å². The molecule has 3 N–H and O–H groups in total. The number of fused-ring (bicyclic) bond motifs is 2. The maximum Gasteiger partial charge on any atom is 0.245 e. The molecule has 2 bridgehead atoms. The molecule has 2 aromatic rings. The summed E-state index contributed by atoms with van der Waals surface area (Å²) < 4.78 is 0.851. The minimum Gasteiger partial charge on any atom is -0.394 e. The number of rotatable bonds is 9. The Balaban J connectivity index is 1.49. The summed E-state index contributed by atoms with van der Waals surface area (Å²) in [6, 6.07) is 6.13. The predicted molar refractivity (Wildman–Crippen MR) is 144 cm³/mol. The molecule has 1 spiro atoms. The van der Waals surface area contributed by atoms with E-state index in [1.165, 1.54) is 0 Å². The summed E-state index contributed by atoms with van der Waals surface area (Å²) in [7, 11) is 0. The van der Waals surface area contributed by atoms with Gasteiger partial charge in [-0.1, -0.05) is 54.0 Å². The van der Waals surface area contributed by atoms with E-state index in [1.807, 2.05) is 45.0 Å². The lowest BCUT2D eigenvalue weighted by atomic mass is 9.70. The zero-order valence-electron chi connectivity index (χ0n) is 21.1. The van der Waals surface area contributed by atoms with Crippen LogP contribution >= 0.6 is 27.7 Å². The fourth-order valence-corrected chi connectivity index (χ4v) is 9.89. The van der Waals surface area contributed by atoms with Crippen molar-refractivity contribution in [1.29, 1.82) is 0 Å². The molecule has 1 aromatic carbocycles. The number of hydrogen-bond acceptors (Lipinski definition) is 7. The molecule has 3 saturated heterocycles. The monoisotopic (exact) mass is 592 g/mol. The molecule has 4 heterocycles. The molecule has 5 rings (SSSR count). The minimum atomic E-state index is -0.821. The number of aliphatic hydroxyl groups is 1. The molecule has 3 fully saturated rings. The average Bonchev–Trinajstić information content (AvgIpc) is 3.59. The van der Waals surface area contributed by atoms with Crippen molar-refractivity contribution < 1.29 is 19.5 Å². The van der Waals surface area contributed by atoms with Gasteiger partial charge in [0.1, 0.15) is 18.2 Å². The summed E-state index contributed by atoms with van der Waals surface area (Å²) in [5, 5.41) is 24.5. The molecule has 10 nitrogen and oxygen atoms in total. The summed E-state index contributed by atoms with van der Waals surface area (Å²) in [5.41, 5.74) is 1.51. The van der Waals surface area contributed by atoms with Gasteiger partial charge >= 0.3 is 0 Å². The van der Waals surface area contributed by atoms with E-state index in [1.54, 1.807) is 21.3 Å². The van der Waals surface area contributed by atoms with Crippen LogP contribution in [0.15, 0.2) is 24.3 Å². The van der Waals surface area contributed by atoms with Crippen LogP contribution in [-0.4, -0.2) is 82.8 Å². The van der Waals surface area contributed by atoms with E-state index in [4.69, 9.17) is 0 Å². The van der Waals surface area contributed by atoms with Crippen LogP contribution in [0.2, 0.25) is 0 Å². The van der Waals surface area contributed by atoms with Crippen molar-refractivity contribution in [2.75, 3.05) is 13.2 Å². The Morgan fingerprint density at radius 1 is 1.27 bits per heavy atom. The zero-order valence-corrected chi connectivity index (χ0v) is 23.5. The van der Waals surface area contributed by atoms with Crippen molar-refractivity contribution in [1.82, 2.24) is 30.5 Å². The second-order valence-electron chi connectivity index (χ2n) is 10.5. The summed E-state index contributed by atoms with van der Waals surface area (Å²) in [6.45, 7) is 6.22. The second-order valence-corrected chi connectivity index (χ2v) is 13.2. The smallest absolute Gasteiger partial charge is 0.245 e. The molecule has 12 heteroatoms. The van der Waals surface area contributed by atoms with Crippen LogP contribution in [0.4, 0.5) is 0 Å². The number of aliphatic hydroxyl groups excluding tert-OH is 1. The number of nitrogens with zero attached hydrogens (tertiary/aromatic N) is 4. The number of nitrogens with one attached hydrogen (secondary N) is 2. The van der Waals surface area contributed by atoms with Gasteiger partial charge in [0.25, 0.3) is 0 Å². The van der Waals surface area contributed by atoms with Crippen molar-refractivity contribution in [3.05, 3.63) is 24.3 Å². The fourth-order valence-electron chi connectivity index (χ4n) is 6.29. The number of hydrogen-bond donors (Lipinski definition) is 3. The lowest BCUT2D eigenvalue weighted by Crippen LogP contribution is -2.58. The minimum absolute atomic E-state index is 0.0000575. The Labute approximate surface area is 228 Å². The number of carbonyl (C=O) groups excluding carboxylic acids is 3. The van der Waals surface area contributed by atoms with Crippen LogP contribution in [0.1, 0.15) is 33.6 Å². The summed E-state index contributed by atoms with van der Waals surface area (Å²) >= 11 is 5.36. The number of alkyl halides is 1. The van der Waals surface area contributed by atoms with Gasteiger partial charge in [0.15, 0.2) is 0 Å². The quantitative estimate of drug-likeness (QED) is 0.376. The van der Waals surface area contributed by atoms with Crippen molar-refractivity contribution in [2.45, 2.75) is 67.2 Å². The van der Waals surface area contributed by atoms with E-state index >= 15 is 0 Å². The van der Waals surface area contributed by atoms with Crippen LogP contribution in [0.25, 0.3) is 11.0 Å². The number of likely N-dealkylation sites (tertiary alicyclic amines) is 1. The lowest BCUT2D eigenvalue weighted by Gasteiger charge is -2.38. The molecule has 0 aliphatic carbocycles. The van der Waals surface area contributed by atoms with Gasteiger partial charge in [-0.25, -0.2) is 4.68 Å². The zero-order chi connectivity index (χ0) is 26.5. The van der Waals surface area contributed by atoms with Gasteiger partial charge in [0, 0.05) is 16.6 Å². The fraction of sp³-hybridized carbons (Fsp3) is 0.640. The number of halogens is 1. The third-order valence-corrected chi connectivity index (χ3v) is 11.2.